The quantitative estimate of drug-likeness (QED) is 0.853. The fraction of sp³-hybridized carbons (Fsp3) is 0.214. The average Bonchev–Trinajstić information content (AvgIpc) is 3.19. The Morgan fingerprint density at radius 3 is 2.81 bits per heavy atom. The summed E-state index contributed by atoms with van der Waals surface area (Å²) in [5, 5.41) is 3.13. The molecule has 3 rings (SSSR count). The van der Waals surface area contributed by atoms with Crippen molar-refractivity contribution in [2.75, 3.05) is 10.7 Å². The first-order valence-electron chi connectivity index (χ1n) is 6.53. The van der Waals surface area contributed by atoms with Crippen LogP contribution in [0.5, 0.6) is 0 Å². The van der Waals surface area contributed by atoms with Crippen LogP contribution in [0.15, 0.2) is 36.9 Å². The van der Waals surface area contributed by atoms with E-state index in [1.165, 1.54) is 11.0 Å². The van der Waals surface area contributed by atoms with Crippen molar-refractivity contribution in [2.45, 2.75) is 12.8 Å². The molecule has 0 saturated heterocycles. The van der Waals surface area contributed by atoms with Gasteiger partial charge in [-0.05, 0) is 31.0 Å². The zero-order valence-corrected chi connectivity index (χ0v) is 11.8. The van der Waals surface area contributed by atoms with Crippen molar-refractivity contribution >= 4 is 29.1 Å². The number of amides is 2. The summed E-state index contributed by atoms with van der Waals surface area (Å²) in [6.45, 7) is 0. The van der Waals surface area contributed by atoms with E-state index >= 15 is 0 Å². The highest BCUT2D eigenvalue weighted by Crippen LogP contribution is 2.35. The van der Waals surface area contributed by atoms with Crippen LogP contribution >= 0.6 is 11.6 Å². The number of hydrogen-bond donors (Lipinski definition) is 2. The Bertz CT molecular complexity index is 680. The normalized spacial score (nSPS) is 13.8. The molecule has 1 aromatic carbocycles. The average molecular weight is 305 g/mol. The van der Waals surface area contributed by atoms with Gasteiger partial charge in [0.25, 0.3) is 0 Å². The summed E-state index contributed by atoms with van der Waals surface area (Å²) in [6, 6.07) is 4.40. The molecule has 0 aliphatic heterocycles. The summed E-state index contributed by atoms with van der Waals surface area (Å²) < 4.78 is 1.41. The maximum Gasteiger partial charge on any atom is 0.338 e. The maximum absolute atomic E-state index is 12.2. The monoisotopic (exact) mass is 304 g/mol. The Kier molecular flexibility index (Phi) is 3.62. The highest BCUT2D eigenvalue weighted by atomic mass is 35.5. The molecule has 7 heteroatoms. The van der Waals surface area contributed by atoms with Crippen LogP contribution in [0.1, 0.15) is 23.2 Å². The minimum Gasteiger partial charge on any atom is -0.306 e. The Labute approximate surface area is 126 Å². The fourth-order valence-corrected chi connectivity index (χ4v) is 2.16. The van der Waals surface area contributed by atoms with E-state index in [9.17, 15) is 9.59 Å². The van der Waals surface area contributed by atoms with E-state index in [-0.39, 0.29) is 11.7 Å². The minimum atomic E-state index is -0.458. The molecule has 0 bridgehead atoms. The molecule has 2 aromatic rings. The molecule has 2 amide bonds. The number of carbonyl (C=O) groups excluding carboxylic acids is 2. The third-order valence-corrected chi connectivity index (χ3v) is 3.41. The first-order chi connectivity index (χ1) is 10.1. The van der Waals surface area contributed by atoms with E-state index < -0.39 is 6.03 Å². The standard InChI is InChI=1S/C14H13ClN4O2/c15-10-3-4-12(11(7-10)13(20)9-1-2-9)17-14(21)18-19-6-5-16-8-19/h3-9H,1-2H2,(H2,17,18,21). The molecular formula is C14H13ClN4O2. The molecule has 1 saturated carbocycles. The van der Waals surface area contributed by atoms with Crippen molar-refractivity contribution in [2.24, 2.45) is 5.92 Å². The number of nitrogens with zero attached hydrogens (tertiary/aromatic N) is 2. The van der Waals surface area contributed by atoms with E-state index in [2.05, 4.69) is 15.7 Å². The van der Waals surface area contributed by atoms with Crippen LogP contribution in [0.2, 0.25) is 5.02 Å². The van der Waals surface area contributed by atoms with Gasteiger partial charge in [0.2, 0.25) is 0 Å². The van der Waals surface area contributed by atoms with Crippen molar-refractivity contribution in [3.8, 4) is 0 Å². The fourth-order valence-electron chi connectivity index (χ4n) is 1.99. The number of Topliss-reactive ketones (excluding diaryl/α,β-unsaturated/α-hetero) is 1. The van der Waals surface area contributed by atoms with E-state index in [0.717, 1.165) is 12.8 Å². The number of urea groups is 1. The largest absolute Gasteiger partial charge is 0.338 e. The number of carbonyl (C=O) groups is 2. The maximum atomic E-state index is 12.2. The van der Waals surface area contributed by atoms with Gasteiger partial charge in [-0.3, -0.25) is 4.79 Å². The Hall–Kier alpha value is -2.34. The van der Waals surface area contributed by atoms with Gasteiger partial charge in [0.15, 0.2) is 5.78 Å². The molecule has 0 radical (unpaired) electrons. The lowest BCUT2D eigenvalue weighted by atomic mass is 10.1. The lowest BCUT2D eigenvalue weighted by Gasteiger charge is -2.12. The summed E-state index contributed by atoms with van der Waals surface area (Å²) in [5.74, 6) is 0.0798. The number of imidazole rings is 1. The second kappa shape index (κ2) is 5.57. The van der Waals surface area contributed by atoms with Crippen molar-refractivity contribution in [1.82, 2.24) is 9.66 Å². The van der Waals surface area contributed by atoms with Gasteiger partial charge in [-0.2, -0.15) is 0 Å². The van der Waals surface area contributed by atoms with Crippen LogP contribution in [-0.4, -0.2) is 21.5 Å². The van der Waals surface area contributed by atoms with Gasteiger partial charge in [-0.1, -0.05) is 11.6 Å². The van der Waals surface area contributed by atoms with Crippen molar-refractivity contribution in [3.05, 3.63) is 47.5 Å². The summed E-state index contributed by atoms with van der Waals surface area (Å²) in [6.07, 6.45) is 6.39. The molecule has 0 atom stereocenters. The van der Waals surface area contributed by atoms with E-state index in [1.807, 2.05) is 0 Å². The number of halogens is 1. The smallest absolute Gasteiger partial charge is 0.306 e. The van der Waals surface area contributed by atoms with Crippen molar-refractivity contribution in [1.29, 1.82) is 0 Å². The summed E-state index contributed by atoms with van der Waals surface area (Å²) in [4.78, 5) is 28.0. The van der Waals surface area contributed by atoms with Crippen LogP contribution in [0.3, 0.4) is 0 Å². The number of ketones is 1. The van der Waals surface area contributed by atoms with Gasteiger partial charge in [0.1, 0.15) is 6.33 Å². The Morgan fingerprint density at radius 1 is 1.33 bits per heavy atom. The Balaban J connectivity index is 1.77. The highest BCUT2D eigenvalue weighted by molar-refractivity contribution is 6.31. The summed E-state index contributed by atoms with van der Waals surface area (Å²) in [5.41, 5.74) is 3.46. The number of rotatable bonds is 4. The van der Waals surface area contributed by atoms with Crippen LogP contribution in [0.4, 0.5) is 10.5 Å². The lowest BCUT2D eigenvalue weighted by molar-refractivity contribution is 0.0968. The zero-order chi connectivity index (χ0) is 14.8. The first-order valence-corrected chi connectivity index (χ1v) is 6.91. The van der Waals surface area contributed by atoms with Gasteiger partial charge in [-0.25, -0.2) is 19.9 Å². The third kappa shape index (κ3) is 3.22. The molecule has 0 spiro atoms. The second-order valence-corrected chi connectivity index (χ2v) is 5.30. The number of hydrogen-bond acceptors (Lipinski definition) is 3. The van der Waals surface area contributed by atoms with Gasteiger partial charge in [0.05, 0.1) is 5.69 Å². The lowest BCUT2D eigenvalue weighted by Crippen LogP contribution is -2.27. The molecule has 21 heavy (non-hydrogen) atoms. The van der Waals surface area contributed by atoms with Gasteiger partial charge in [0, 0.05) is 28.9 Å². The predicted octanol–water partition coefficient (Wildman–Crippen LogP) is 2.90. The molecule has 108 valence electrons. The number of benzene rings is 1. The van der Waals surface area contributed by atoms with Gasteiger partial charge >= 0.3 is 6.03 Å². The van der Waals surface area contributed by atoms with E-state index in [4.69, 9.17) is 11.6 Å². The number of anilines is 1. The number of aromatic nitrogens is 2. The molecule has 1 aromatic heterocycles. The Morgan fingerprint density at radius 2 is 2.14 bits per heavy atom. The molecule has 0 unspecified atom stereocenters. The SMILES string of the molecule is O=C(Nc1ccc(Cl)cc1C(=O)C1CC1)Nn1ccnc1. The third-order valence-electron chi connectivity index (χ3n) is 3.18. The minimum absolute atomic E-state index is 0.0235. The molecule has 1 heterocycles. The van der Waals surface area contributed by atoms with Crippen LogP contribution in [-0.2, 0) is 0 Å². The summed E-state index contributed by atoms with van der Waals surface area (Å²) >= 11 is 5.94. The van der Waals surface area contributed by atoms with Crippen LogP contribution < -0.4 is 10.7 Å². The van der Waals surface area contributed by atoms with Crippen molar-refractivity contribution < 1.29 is 9.59 Å². The van der Waals surface area contributed by atoms with Crippen molar-refractivity contribution in [3.63, 3.8) is 0 Å². The second-order valence-electron chi connectivity index (χ2n) is 4.86. The molecule has 2 N–H and O–H groups in total. The molecule has 1 aliphatic carbocycles. The van der Waals surface area contributed by atoms with E-state index in [1.54, 1.807) is 30.6 Å². The summed E-state index contributed by atoms with van der Waals surface area (Å²) in [7, 11) is 0. The van der Waals surface area contributed by atoms with Gasteiger partial charge in [-0.15, -0.1) is 0 Å². The molecule has 1 aliphatic rings. The topological polar surface area (TPSA) is 76.0 Å². The molecule has 1 fully saturated rings. The van der Waals surface area contributed by atoms with E-state index in [0.29, 0.717) is 16.3 Å². The zero-order valence-electron chi connectivity index (χ0n) is 11.0. The van der Waals surface area contributed by atoms with Gasteiger partial charge < -0.3 is 5.32 Å². The number of nitrogens with one attached hydrogen (secondary N) is 2. The first kappa shape index (κ1) is 13.6. The molecular weight excluding hydrogens is 292 g/mol. The van der Waals surface area contributed by atoms with Crippen LogP contribution in [0, 0.1) is 5.92 Å². The highest BCUT2D eigenvalue weighted by Gasteiger charge is 2.32. The predicted molar refractivity (Wildman–Crippen MR) is 79.1 cm³/mol. The molecule has 6 nitrogen and oxygen atoms in total. The van der Waals surface area contributed by atoms with Crippen LogP contribution in [0.25, 0.3) is 0 Å².